The number of likely N-dealkylation sites (tertiary alicyclic amines) is 1. The van der Waals surface area contributed by atoms with Gasteiger partial charge in [0.15, 0.2) is 4.80 Å². The van der Waals surface area contributed by atoms with E-state index < -0.39 is 11.7 Å². The molecule has 2 heterocycles. The molecule has 27 heavy (non-hydrogen) atoms. The molecule has 0 spiro atoms. The third-order valence-corrected chi connectivity index (χ3v) is 5.32. The van der Waals surface area contributed by atoms with E-state index in [-0.39, 0.29) is 12.7 Å². The number of ether oxygens (including phenoxy) is 2. The fraction of sp³-hybridized carbons (Fsp3) is 0.632. The third kappa shape index (κ3) is 6.23. The predicted molar refractivity (Wildman–Crippen MR) is 105 cm³/mol. The molecule has 0 aliphatic carbocycles. The molecular weight excluding hydrogens is 366 g/mol. The van der Waals surface area contributed by atoms with Gasteiger partial charge in [-0.15, -0.1) is 16.3 Å². The Labute approximate surface area is 164 Å². The highest BCUT2D eigenvalue weighted by Crippen LogP contribution is 2.30. The van der Waals surface area contributed by atoms with Crippen molar-refractivity contribution in [2.75, 3.05) is 19.7 Å². The van der Waals surface area contributed by atoms with Crippen LogP contribution in [0.1, 0.15) is 51.3 Å². The summed E-state index contributed by atoms with van der Waals surface area (Å²) in [6.07, 6.45) is 4.44. The van der Waals surface area contributed by atoms with Gasteiger partial charge in [-0.2, -0.15) is 0 Å². The molecular formula is C19H29N3O4S. The summed E-state index contributed by atoms with van der Waals surface area (Å²) in [4.78, 5) is 31.6. The molecule has 2 rings (SSSR count). The second-order valence-electron chi connectivity index (χ2n) is 7.42. The quantitative estimate of drug-likeness (QED) is 0.725. The molecule has 2 amide bonds. The predicted octanol–water partition coefficient (Wildman–Crippen LogP) is 3.91. The maximum atomic E-state index is 12.2. The summed E-state index contributed by atoms with van der Waals surface area (Å²) < 4.78 is 12.3. The molecule has 1 saturated heterocycles. The largest absolute Gasteiger partial charge is 0.444 e. The van der Waals surface area contributed by atoms with Crippen LogP contribution in [0, 0.1) is 0 Å². The van der Waals surface area contributed by atoms with E-state index in [1.54, 1.807) is 4.90 Å². The monoisotopic (exact) mass is 395 g/mol. The Balaban J connectivity index is 2.04. The van der Waals surface area contributed by atoms with Crippen molar-refractivity contribution in [3.63, 3.8) is 0 Å². The molecule has 1 aliphatic heterocycles. The molecule has 0 aromatic carbocycles. The number of aryl methyl sites for hydroxylation is 1. The van der Waals surface area contributed by atoms with Crippen LogP contribution >= 0.6 is 11.3 Å². The number of amides is 2. The van der Waals surface area contributed by atoms with Crippen molar-refractivity contribution in [2.45, 2.75) is 58.6 Å². The number of nitrogens with zero attached hydrogens (tertiary/aromatic N) is 3. The number of thiazole rings is 1. The van der Waals surface area contributed by atoms with Crippen LogP contribution in [0.3, 0.4) is 0 Å². The summed E-state index contributed by atoms with van der Waals surface area (Å²) in [7, 11) is 0. The fourth-order valence-corrected chi connectivity index (χ4v) is 4.03. The number of aromatic nitrogens is 1. The number of piperidine rings is 1. The van der Waals surface area contributed by atoms with Gasteiger partial charge in [0.2, 0.25) is 0 Å². The van der Waals surface area contributed by atoms with Gasteiger partial charge in [-0.05, 0) is 46.5 Å². The smallest absolute Gasteiger partial charge is 0.436 e. The fourth-order valence-electron chi connectivity index (χ4n) is 2.82. The van der Waals surface area contributed by atoms with E-state index in [1.807, 2.05) is 32.3 Å². The zero-order chi connectivity index (χ0) is 20.0. The van der Waals surface area contributed by atoms with Crippen molar-refractivity contribution < 1.29 is 19.1 Å². The molecule has 1 fully saturated rings. The van der Waals surface area contributed by atoms with Gasteiger partial charge in [-0.25, -0.2) is 9.59 Å². The zero-order valence-corrected chi connectivity index (χ0v) is 17.4. The highest BCUT2D eigenvalue weighted by Gasteiger charge is 2.28. The summed E-state index contributed by atoms with van der Waals surface area (Å²) in [5.74, 6) is 0.347. The molecule has 7 nitrogen and oxygen atoms in total. The third-order valence-electron chi connectivity index (χ3n) is 4.14. The van der Waals surface area contributed by atoms with Gasteiger partial charge in [0.1, 0.15) is 12.2 Å². The van der Waals surface area contributed by atoms with Crippen molar-refractivity contribution in [2.24, 2.45) is 4.99 Å². The first-order valence-corrected chi connectivity index (χ1v) is 10.1. The van der Waals surface area contributed by atoms with Gasteiger partial charge in [-0.1, -0.05) is 12.7 Å². The standard InChI is InChI=1S/C19H29N3O4S/c1-6-12-25-17(23)20-16-21(7-2)13-15(27-16)14-8-10-22(11-9-14)18(24)26-19(3,4)5/h6,13-14H,1,7-12H2,2-5H3. The van der Waals surface area contributed by atoms with Crippen LogP contribution in [0.5, 0.6) is 0 Å². The van der Waals surface area contributed by atoms with E-state index in [1.165, 1.54) is 22.3 Å². The molecule has 0 atom stereocenters. The van der Waals surface area contributed by atoms with Crippen LogP contribution in [-0.2, 0) is 16.0 Å². The summed E-state index contributed by atoms with van der Waals surface area (Å²) in [6.45, 7) is 13.3. The first-order chi connectivity index (χ1) is 12.7. The molecule has 0 unspecified atom stereocenters. The van der Waals surface area contributed by atoms with Crippen molar-refractivity contribution >= 4 is 23.5 Å². The Bertz CT molecular complexity index is 737. The molecule has 0 bridgehead atoms. The molecule has 1 aliphatic rings. The second-order valence-corrected chi connectivity index (χ2v) is 8.46. The lowest BCUT2D eigenvalue weighted by molar-refractivity contribution is 0.0205. The summed E-state index contributed by atoms with van der Waals surface area (Å²) in [5, 5.41) is 0. The minimum atomic E-state index is -0.606. The molecule has 0 radical (unpaired) electrons. The van der Waals surface area contributed by atoms with Crippen LogP contribution in [0.15, 0.2) is 23.8 Å². The first-order valence-electron chi connectivity index (χ1n) is 9.24. The Morgan fingerprint density at radius 1 is 1.37 bits per heavy atom. The van der Waals surface area contributed by atoms with Gasteiger partial charge in [-0.3, -0.25) is 0 Å². The number of hydrogen-bond acceptors (Lipinski definition) is 5. The van der Waals surface area contributed by atoms with Gasteiger partial charge >= 0.3 is 12.2 Å². The lowest BCUT2D eigenvalue weighted by Gasteiger charge is -2.33. The van der Waals surface area contributed by atoms with Crippen molar-refractivity contribution in [1.29, 1.82) is 0 Å². The number of carbonyl (C=O) groups excluding carboxylic acids is 2. The van der Waals surface area contributed by atoms with E-state index in [0.29, 0.717) is 23.8 Å². The van der Waals surface area contributed by atoms with Crippen molar-refractivity contribution in [3.8, 4) is 0 Å². The van der Waals surface area contributed by atoms with Crippen molar-refractivity contribution in [1.82, 2.24) is 9.47 Å². The van der Waals surface area contributed by atoms with Gasteiger partial charge in [0.25, 0.3) is 0 Å². The topological polar surface area (TPSA) is 73.1 Å². The van der Waals surface area contributed by atoms with Crippen LogP contribution in [0.2, 0.25) is 0 Å². The maximum Gasteiger partial charge on any atom is 0.436 e. The van der Waals surface area contributed by atoms with Crippen molar-refractivity contribution in [3.05, 3.63) is 28.5 Å². The van der Waals surface area contributed by atoms with E-state index in [2.05, 4.69) is 17.8 Å². The summed E-state index contributed by atoms with van der Waals surface area (Å²) in [6, 6.07) is 0. The zero-order valence-electron chi connectivity index (χ0n) is 16.6. The first kappa shape index (κ1) is 21.2. The summed E-state index contributed by atoms with van der Waals surface area (Å²) >= 11 is 1.51. The number of rotatable bonds is 4. The Morgan fingerprint density at radius 3 is 2.59 bits per heavy atom. The van der Waals surface area contributed by atoms with Gasteiger partial charge in [0.05, 0.1) is 0 Å². The van der Waals surface area contributed by atoms with E-state index >= 15 is 0 Å². The molecule has 0 N–H and O–H groups in total. The van der Waals surface area contributed by atoms with E-state index in [0.717, 1.165) is 19.4 Å². The van der Waals surface area contributed by atoms with E-state index in [9.17, 15) is 9.59 Å². The van der Waals surface area contributed by atoms with Crippen LogP contribution < -0.4 is 4.80 Å². The highest BCUT2D eigenvalue weighted by molar-refractivity contribution is 7.09. The lowest BCUT2D eigenvalue weighted by Crippen LogP contribution is -2.41. The molecule has 1 aromatic heterocycles. The lowest BCUT2D eigenvalue weighted by atomic mass is 9.96. The number of carbonyl (C=O) groups is 2. The van der Waals surface area contributed by atoms with Gasteiger partial charge in [0, 0.05) is 30.7 Å². The maximum absolute atomic E-state index is 12.2. The molecule has 8 heteroatoms. The van der Waals surface area contributed by atoms with Crippen LogP contribution in [0.25, 0.3) is 0 Å². The average Bonchev–Trinajstić information content (AvgIpc) is 3.01. The second kappa shape index (κ2) is 9.21. The molecule has 0 saturated carbocycles. The average molecular weight is 396 g/mol. The Hall–Kier alpha value is -2.09. The van der Waals surface area contributed by atoms with Crippen LogP contribution in [0.4, 0.5) is 9.59 Å². The normalized spacial score (nSPS) is 16.3. The highest BCUT2D eigenvalue weighted by atomic mass is 32.1. The van der Waals surface area contributed by atoms with E-state index in [4.69, 9.17) is 9.47 Å². The SMILES string of the molecule is C=CCOC(=O)N=c1sc(C2CCN(C(=O)OC(C)(C)C)CC2)cn1CC. The Morgan fingerprint density at radius 2 is 2.04 bits per heavy atom. The van der Waals surface area contributed by atoms with Gasteiger partial charge < -0.3 is 18.9 Å². The summed E-state index contributed by atoms with van der Waals surface area (Å²) in [5.41, 5.74) is -0.481. The minimum Gasteiger partial charge on any atom is -0.444 e. The molecule has 1 aromatic rings. The number of hydrogen-bond donors (Lipinski definition) is 0. The molecule has 150 valence electrons. The Kier molecular flexibility index (Phi) is 7.24. The minimum absolute atomic E-state index is 0.149. The van der Waals surface area contributed by atoms with Crippen LogP contribution in [-0.4, -0.2) is 47.0 Å².